The fraction of sp³-hybridized carbons (Fsp3) is 0.308. The maximum absolute atomic E-state index is 11.7. The van der Waals surface area contributed by atoms with Gasteiger partial charge in [0.05, 0.1) is 0 Å². The summed E-state index contributed by atoms with van der Waals surface area (Å²) < 4.78 is 0. The Bertz CT molecular complexity index is 451. The molecule has 0 aliphatic rings. The normalized spacial score (nSPS) is 10.0. The molecule has 0 aliphatic heterocycles. The largest absolute Gasteiger partial charge is 0.481 e. The number of carboxylic acids is 1. The molecule has 0 aromatic heterocycles. The molecule has 0 aliphatic carbocycles. The molecule has 5 nitrogen and oxygen atoms in total. The van der Waals surface area contributed by atoms with Gasteiger partial charge >= 0.3 is 5.97 Å². The average molecular weight is 249 g/mol. The average Bonchev–Trinajstić information content (AvgIpc) is 2.28. The molecule has 0 spiro atoms. The molecule has 0 fully saturated rings. The second-order valence-electron chi connectivity index (χ2n) is 4.01. The van der Waals surface area contributed by atoms with Crippen LogP contribution in [0, 0.1) is 0 Å². The fourth-order valence-electron chi connectivity index (χ4n) is 1.52. The Hall–Kier alpha value is -2.17. The predicted octanol–water partition coefficient (Wildman–Crippen LogP) is 1.67. The number of ketones is 2. The minimum atomic E-state index is -1.13. The summed E-state index contributed by atoms with van der Waals surface area (Å²) in [4.78, 5) is 33.1. The quantitative estimate of drug-likeness (QED) is 0.435. The Morgan fingerprint density at radius 3 is 2.22 bits per heavy atom. The van der Waals surface area contributed by atoms with Crippen LogP contribution >= 0.6 is 0 Å². The van der Waals surface area contributed by atoms with E-state index in [2.05, 4.69) is 0 Å². The summed E-state index contributed by atoms with van der Waals surface area (Å²) in [6.07, 6.45) is 0.244. The summed E-state index contributed by atoms with van der Waals surface area (Å²) in [5.41, 5.74) is 6.64. The zero-order valence-corrected chi connectivity index (χ0v) is 9.89. The number of carboxylic acid groups (broad SMARTS) is 1. The highest BCUT2D eigenvalue weighted by Gasteiger charge is 2.10. The number of carbonyl (C=O) groups excluding carboxylic acids is 2. The molecule has 18 heavy (non-hydrogen) atoms. The van der Waals surface area contributed by atoms with Crippen LogP contribution < -0.4 is 5.73 Å². The summed E-state index contributed by atoms with van der Waals surface area (Å²) in [7, 11) is 0. The van der Waals surface area contributed by atoms with Crippen molar-refractivity contribution >= 4 is 23.2 Å². The monoisotopic (exact) mass is 249 g/mol. The number of Topliss-reactive ketones (excluding diaryl/α,β-unsaturated/α-hetero) is 2. The van der Waals surface area contributed by atoms with Crippen molar-refractivity contribution in [1.29, 1.82) is 0 Å². The van der Waals surface area contributed by atoms with Gasteiger partial charge in [0.25, 0.3) is 0 Å². The van der Waals surface area contributed by atoms with E-state index in [1.165, 1.54) is 0 Å². The lowest BCUT2D eigenvalue weighted by atomic mass is 10.0. The Kier molecular flexibility index (Phi) is 5.05. The van der Waals surface area contributed by atoms with Gasteiger partial charge in [-0.05, 0) is 30.7 Å². The molecule has 0 unspecified atom stereocenters. The van der Waals surface area contributed by atoms with Gasteiger partial charge in [-0.25, -0.2) is 0 Å². The smallest absolute Gasteiger partial charge is 0.310 e. The van der Waals surface area contributed by atoms with Crippen molar-refractivity contribution in [2.75, 3.05) is 5.73 Å². The van der Waals surface area contributed by atoms with Crippen LogP contribution in [0.1, 0.15) is 36.0 Å². The third-order valence-electron chi connectivity index (χ3n) is 2.44. The number of hydrogen-bond acceptors (Lipinski definition) is 4. The van der Waals surface area contributed by atoms with E-state index in [-0.39, 0.29) is 24.4 Å². The van der Waals surface area contributed by atoms with Crippen molar-refractivity contribution in [3.63, 3.8) is 0 Å². The summed E-state index contributed by atoms with van der Waals surface area (Å²) in [5, 5.41) is 8.40. The van der Waals surface area contributed by atoms with Crippen molar-refractivity contribution in [3.05, 3.63) is 29.8 Å². The molecule has 5 heteroatoms. The molecule has 0 bridgehead atoms. The number of hydrogen-bond donors (Lipinski definition) is 2. The van der Waals surface area contributed by atoms with Gasteiger partial charge in [-0.3, -0.25) is 14.4 Å². The molecule has 1 rings (SSSR count). The van der Waals surface area contributed by atoms with E-state index < -0.39 is 12.4 Å². The first-order valence-corrected chi connectivity index (χ1v) is 5.61. The second kappa shape index (κ2) is 6.54. The van der Waals surface area contributed by atoms with E-state index in [1.807, 2.05) is 0 Å². The van der Waals surface area contributed by atoms with Gasteiger partial charge in [0, 0.05) is 24.1 Å². The molecular weight excluding hydrogens is 234 g/mol. The number of aliphatic carboxylic acids is 1. The van der Waals surface area contributed by atoms with Crippen LogP contribution in [0.2, 0.25) is 0 Å². The van der Waals surface area contributed by atoms with E-state index in [4.69, 9.17) is 10.8 Å². The lowest BCUT2D eigenvalue weighted by molar-refractivity contribution is -0.140. The van der Waals surface area contributed by atoms with Gasteiger partial charge in [-0.1, -0.05) is 0 Å². The third kappa shape index (κ3) is 4.78. The van der Waals surface area contributed by atoms with Crippen LogP contribution in [0.25, 0.3) is 0 Å². The molecule has 0 saturated carbocycles. The van der Waals surface area contributed by atoms with Crippen LogP contribution in [0.3, 0.4) is 0 Å². The van der Waals surface area contributed by atoms with Crippen molar-refractivity contribution in [2.45, 2.75) is 25.7 Å². The standard InChI is InChI=1S/C13H15NO4/c14-10-6-4-9(5-7-10)12(16)3-1-2-11(15)8-13(17)18/h4-7H,1-3,8,14H2,(H,17,18). The lowest BCUT2D eigenvalue weighted by Gasteiger charge is -2.01. The highest BCUT2D eigenvalue weighted by atomic mass is 16.4. The van der Waals surface area contributed by atoms with Crippen LogP contribution in [0.4, 0.5) is 5.69 Å². The second-order valence-corrected chi connectivity index (χ2v) is 4.01. The van der Waals surface area contributed by atoms with Crippen LogP contribution in [-0.2, 0) is 9.59 Å². The Labute approximate surface area is 105 Å². The molecular formula is C13H15NO4. The number of nitrogen functional groups attached to an aromatic ring is 1. The van der Waals surface area contributed by atoms with Gasteiger partial charge < -0.3 is 10.8 Å². The number of benzene rings is 1. The molecule has 1 aromatic carbocycles. The summed E-state index contributed by atoms with van der Waals surface area (Å²) in [6, 6.07) is 6.55. The number of nitrogens with two attached hydrogens (primary N) is 1. The summed E-state index contributed by atoms with van der Waals surface area (Å²) in [5.74, 6) is -1.56. The minimum Gasteiger partial charge on any atom is -0.481 e. The molecule has 0 amide bonds. The minimum absolute atomic E-state index is 0.0712. The van der Waals surface area contributed by atoms with Crippen LogP contribution in [0.15, 0.2) is 24.3 Å². The maximum atomic E-state index is 11.7. The van der Waals surface area contributed by atoms with Crippen molar-refractivity contribution in [2.24, 2.45) is 0 Å². The summed E-state index contributed by atoms with van der Waals surface area (Å²) in [6.45, 7) is 0. The summed E-state index contributed by atoms with van der Waals surface area (Å²) >= 11 is 0. The van der Waals surface area contributed by atoms with Gasteiger partial charge in [-0.2, -0.15) is 0 Å². The molecule has 0 atom stereocenters. The van der Waals surface area contributed by atoms with Crippen molar-refractivity contribution < 1.29 is 19.5 Å². The van der Waals surface area contributed by atoms with E-state index >= 15 is 0 Å². The third-order valence-corrected chi connectivity index (χ3v) is 2.44. The Morgan fingerprint density at radius 1 is 1.06 bits per heavy atom. The van der Waals surface area contributed by atoms with Crippen LogP contribution in [0.5, 0.6) is 0 Å². The van der Waals surface area contributed by atoms with Gasteiger partial charge in [0.1, 0.15) is 12.2 Å². The van der Waals surface area contributed by atoms with Crippen molar-refractivity contribution in [1.82, 2.24) is 0 Å². The van der Waals surface area contributed by atoms with Gasteiger partial charge in [-0.15, -0.1) is 0 Å². The van der Waals surface area contributed by atoms with Crippen molar-refractivity contribution in [3.8, 4) is 0 Å². The van der Waals surface area contributed by atoms with E-state index in [9.17, 15) is 14.4 Å². The van der Waals surface area contributed by atoms with Crippen LogP contribution in [-0.4, -0.2) is 22.6 Å². The predicted molar refractivity (Wildman–Crippen MR) is 66.3 cm³/mol. The zero-order chi connectivity index (χ0) is 13.5. The first-order chi connectivity index (χ1) is 8.49. The van der Waals surface area contributed by atoms with E-state index in [0.29, 0.717) is 17.7 Å². The van der Waals surface area contributed by atoms with Gasteiger partial charge in [0.15, 0.2) is 5.78 Å². The first-order valence-electron chi connectivity index (χ1n) is 5.61. The number of carbonyl (C=O) groups is 3. The van der Waals surface area contributed by atoms with Gasteiger partial charge in [0.2, 0.25) is 0 Å². The first kappa shape index (κ1) is 13.9. The number of anilines is 1. The fourth-order valence-corrected chi connectivity index (χ4v) is 1.52. The number of rotatable bonds is 7. The zero-order valence-electron chi connectivity index (χ0n) is 9.89. The molecule has 3 N–H and O–H groups in total. The molecule has 0 heterocycles. The molecule has 0 saturated heterocycles. The van der Waals surface area contributed by atoms with E-state index in [0.717, 1.165) is 0 Å². The Balaban J connectivity index is 2.35. The van der Waals surface area contributed by atoms with E-state index in [1.54, 1.807) is 24.3 Å². The molecule has 1 aromatic rings. The maximum Gasteiger partial charge on any atom is 0.310 e. The topological polar surface area (TPSA) is 97.5 Å². The molecule has 0 radical (unpaired) electrons. The Morgan fingerprint density at radius 2 is 1.67 bits per heavy atom. The lowest BCUT2D eigenvalue weighted by Crippen LogP contribution is -2.07. The highest BCUT2D eigenvalue weighted by molar-refractivity contribution is 5.97. The SMILES string of the molecule is Nc1ccc(C(=O)CCCC(=O)CC(=O)O)cc1. The highest BCUT2D eigenvalue weighted by Crippen LogP contribution is 2.10. The molecule has 96 valence electrons.